The van der Waals surface area contributed by atoms with Crippen molar-refractivity contribution >= 4 is 27.3 Å². The highest BCUT2D eigenvalue weighted by molar-refractivity contribution is 7.89. The topological polar surface area (TPSA) is 78.5 Å². The summed E-state index contributed by atoms with van der Waals surface area (Å²) < 4.78 is 27.0. The molecule has 0 spiro atoms. The Morgan fingerprint density at radius 1 is 1.23 bits per heavy atom. The summed E-state index contributed by atoms with van der Waals surface area (Å²) in [4.78, 5) is 14.6. The molecule has 2 aromatic rings. The van der Waals surface area contributed by atoms with Crippen LogP contribution in [0.25, 0.3) is 0 Å². The molecular weight excluding hydrogens is 370 g/mol. The van der Waals surface area contributed by atoms with Gasteiger partial charge in [-0.25, -0.2) is 13.1 Å². The average Bonchev–Trinajstić information content (AvgIpc) is 3.23. The second-order valence-corrected chi connectivity index (χ2v) is 9.16. The number of sulfonamides is 1. The van der Waals surface area contributed by atoms with Gasteiger partial charge in [0.2, 0.25) is 10.0 Å². The number of hydrogen-bond donors (Lipinski definition) is 2. The van der Waals surface area contributed by atoms with E-state index in [1.165, 1.54) is 12.1 Å². The Balaban J connectivity index is 1.62. The van der Waals surface area contributed by atoms with E-state index >= 15 is 0 Å². The smallest absolute Gasteiger partial charge is 0.251 e. The van der Waals surface area contributed by atoms with Gasteiger partial charge >= 0.3 is 0 Å². The SMILES string of the molecule is CN(C)C(CNC(=O)c1ccc(S(=O)(=O)NC2CC2)cc1)c1ccsc1. The molecule has 2 N–H and O–H groups in total. The predicted molar refractivity (Wildman–Crippen MR) is 103 cm³/mol. The van der Waals surface area contributed by atoms with Gasteiger partial charge in [-0.3, -0.25) is 4.79 Å². The van der Waals surface area contributed by atoms with Gasteiger partial charge in [0, 0.05) is 18.2 Å². The van der Waals surface area contributed by atoms with Gasteiger partial charge in [0.05, 0.1) is 10.9 Å². The molecule has 26 heavy (non-hydrogen) atoms. The molecule has 3 rings (SSSR count). The molecule has 1 unspecified atom stereocenters. The van der Waals surface area contributed by atoms with Crippen LogP contribution in [-0.4, -0.2) is 45.9 Å². The normalized spacial score (nSPS) is 15.8. The second kappa shape index (κ2) is 7.87. The van der Waals surface area contributed by atoms with Crippen LogP contribution in [0.2, 0.25) is 0 Å². The van der Waals surface area contributed by atoms with Gasteiger partial charge in [0.1, 0.15) is 0 Å². The molecule has 6 nitrogen and oxygen atoms in total. The van der Waals surface area contributed by atoms with Gasteiger partial charge < -0.3 is 10.2 Å². The van der Waals surface area contributed by atoms with E-state index in [1.807, 2.05) is 25.5 Å². The predicted octanol–water partition coefficient (Wildman–Crippen LogP) is 2.22. The standard InChI is InChI=1S/C18H23N3O3S2/c1-21(2)17(14-9-10-25-12-14)11-19-18(22)13-3-7-16(8-4-13)26(23,24)20-15-5-6-15/h3-4,7-10,12,15,17,20H,5-6,11H2,1-2H3,(H,19,22). The number of likely N-dealkylation sites (N-methyl/N-ethyl adjacent to an activating group) is 1. The number of amides is 1. The van der Waals surface area contributed by atoms with Crippen molar-refractivity contribution in [2.75, 3.05) is 20.6 Å². The van der Waals surface area contributed by atoms with Crippen LogP contribution in [0.4, 0.5) is 0 Å². The van der Waals surface area contributed by atoms with Crippen molar-refractivity contribution in [3.63, 3.8) is 0 Å². The lowest BCUT2D eigenvalue weighted by Crippen LogP contribution is -2.34. The van der Waals surface area contributed by atoms with Gasteiger partial charge in [-0.15, -0.1) is 0 Å². The Hall–Kier alpha value is -1.74. The van der Waals surface area contributed by atoms with E-state index < -0.39 is 10.0 Å². The molecule has 0 bridgehead atoms. The molecule has 1 fully saturated rings. The molecule has 0 saturated heterocycles. The zero-order chi connectivity index (χ0) is 18.7. The number of carbonyl (C=O) groups excluding carboxylic acids is 1. The van der Waals surface area contributed by atoms with E-state index in [1.54, 1.807) is 23.5 Å². The van der Waals surface area contributed by atoms with Crippen molar-refractivity contribution in [1.29, 1.82) is 0 Å². The highest BCUT2D eigenvalue weighted by atomic mass is 32.2. The summed E-state index contributed by atoms with van der Waals surface area (Å²) >= 11 is 1.63. The lowest BCUT2D eigenvalue weighted by atomic mass is 10.1. The van der Waals surface area contributed by atoms with Crippen molar-refractivity contribution < 1.29 is 13.2 Å². The van der Waals surface area contributed by atoms with Gasteiger partial charge in [0.25, 0.3) is 5.91 Å². The third kappa shape index (κ3) is 4.70. The Kier molecular flexibility index (Phi) is 5.76. The monoisotopic (exact) mass is 393 g/mol. The van der Waals surface area contributed by atoms with Crippen LogP contribution in [0.1, 0.15) is 34.8 Å². The van der Waals surface area contributed by atoms with E-state index in [0.29, 0.717) is 12.1 Å². The maximum atomic E-state index is 12.4. The van der Waals surface area contributed by atoms with Crippen LogP contribution >= 0.6 is 11.3 Å². The van der Waals surface area contributed by atoms with E-state index in [-0.39, 0.29) is 22.9 Å². The highest BCUT2D eigenvalue weighted by Crippen LogP contribution is 2.22. The maximum Gasteiger partial charge on any atom is 0.251 e. The number of carbonyl (C=O) groups is 1. The Labute approximate surface area is 158 Å². The van der Waals surface area contributed by atoms with Crippen LogP contribution in [0.3, 0.4) is 0 Å². The molecule has 1 saturated carbocycles. The minimum absolute atomic E-state index is 0.0584. The van der Waals surface area contributed by atoms with E-state index in [4.69, 9.17) is 0 Å². The average molecular weight is 394 g/mol. The third-order valence-electron chi connectivity index (χ3n) is 4.33. The minimum atomic E-state index is -3.49. The number of nitrogens with one attached hydrogen (secondary N) is 2. The third-order valence-corrected chi connectivity index (χ3v) is 6.57. The molecule has 1 aromatic carbocycles. The molecule has 1 amide bonds. The van der Waals surface area contributed by atoms with Crippen molar-refractivity contribution in [3.8, 4) is 0 Å². The summed E-state index contributed by atoms with van der Waals surface area (Å²) in [6, 6.07) is 8.24. The van der Waals surface area contributed by atoms with Crippen molar-refractivity contribution in [2.24, 2.45) is 0 Å². The van der Waals surface area contributed by atoms with Gasteiger partial charge in [0.15, 0.2) is 0 Å². The summed E-state index contributed by atoms with van der Waals surface area (Å²) in [6.07, 6.45) is 1.77. The van der Waals surface area contributed by atoms with Crippen LogP contribution in [0.5, 0.6) is 0 Å². The molecule has 1 aromatic heterocycles. The minimum Gasteiger partial charge on any atom is -0.350 e. The fourth-order valence-corrected chi connectivity index (χ4v) is 4.64. The summed E-state index contributed by atoms with van der Waals surface area (Å²) in [6.45, 7) is 0.478. The number of rotatable bonds is 8. The highest BCUT2D eigenvalue weighted by Gasteiger charge is 2.28. The first-order valence-corrected chi connectivity index (χ1v) is 10.9. The molecule has 140 valence electrons. The van der Waals surface area contributed by atoms with E-state index in [2.05, 4.69) is 20.3 Å². The van der Waals surface area contributed by atoms with E-state index in [9.17, 15) is 13.2 Å². The van der Waals surface area contributed by atoms with Crippen LogP contribution in [-0.2, 0) is 10.0 Å². The molecule has 1 atom stereocenters. The van der Waals surface area contributed by atoms with Gasteiger partial charge in [-0.1, -0.05) is 0 Å². The van der Waals surface area contributed by atoms with Gasteiger partial charge in [-0.05, 0) is 73.6 Å². The Morgan fingerprint density at radius 2 is 1.92 bits per heavy atom. The molecule has 0 aliphatic heterocycles. The largest absolute Gasteiger partial charge is 0.350 e. The Bertz CT molecular complexity index is 842. The van der Waals surface area contributed by atoms with Crippen molar-refractivity contribution in [3.05, 3.63) is 52.2 Å². The van der Waals surface area contributed by atoms with E-state index in [0.717, 1.165) is 18.4 Å². The first kappa shape index (κ1) is 19.0. The molecule has 8 heteroatoms. The van der Waals surface area contributed by atoms with Crippen molar-refractivity contribution in [2.45, 2.75) is 29.8 Å². The van der Waals surface area contributed by atoms with Crippen LogP contribution in [0, 0.1) is 0 Å². The first-order valence-electron chi connectivity index (χ1n) is 8.46. The Morgan fingerprint density at radius 3 is 2.46 bits per heavy atom. The number of hydrogen-bond acceptors (Lipinski definition) is 5. The quantitative estimate of drug-likeness (QED) is 0.721. The summed E-state index contributed by atoms with van der Waals surface area (Å²) in [5.74, 6) is -0.217. The first-order chi connectivity index (χ1) is 12.4. The lowest BCUT2D eigenvalue weighted by Gasteiger charge is -2.24. The fourth-order valence-electron chi connectivity index (χ4n) is 2.63. The maximum absolute atomic E-state index is 12.4. The summed E-state index contributed by atoms with van der Waals surface area (Å²) in [7, 11) is 0.453. The zero-order valence-corrected chi connectivity index (χ0v) is 16.4. The molecule has 0 radical (unpaired) electrons. The fraction of sp³-hybridized carbons (Fsp3) is 0.389. The zero-order valence-electron chi connectivity index (χ0n) is 14.8. The van der Waals surface area contributed by atoms with Crippen molar-refractivity contribution in [1.82, 2.24) is 14.9 Å². The molecule has 1 aliphatic carbocycles. The van der Waals surface area contributed by atoms with Gasteiger partial charge in [-0.2, -0.15) is 11.3 Å². The lowest BCUT2D eigenvalue weighted by molar-refractivity contribution is 0.0942. The van der Waals surface area contributed by atoms with Crippen LogP contribution < -0.4 is 10.0 Å². The second-order valence-electron chi connectivity index (χ2n) is 6.67. The van der Waals surface area contributed by atoms with Crippen LogP contribution in [0.15, 0.2) is 46.0 Å². The number of thiophene rings is 1. The summed E-state index contributed by atoms with van der Waals surface area (Å²) in [5.41, 5.74) is 1.60. The summed E-state index contributed by atoms with van der Waals surface area (Å²) in [5, 5.41) is 7.02. The molecule has 1 heterocycles. The molecular formula is C18H23N3O3S2. The number of benzene rings is 1. The molecule has 1 aliphatic rings. The number of nitrogens with zero attached hydrogens (tertiary/aromatic N) is 1.